The molecule has 17 heavy (non-hydrogen) atoms. The van der Waals surface area contributed by atoms with E-state index in [1.54, 1.807) is 6.07 Å². The summed E-state index contributed by atoms with van der Waals surface area (Å²) in [7, 11) is 1.70. The summed E-state index contributed by atoms with van der Waals surface area (Å²) < 4.78 is 23.4. The second-order valence-electron chi connectivity index (χ2n) is 4.27. The lowest BCUT2D eigenvalue weighted by atomic mass is 10.2. The summed E-state index contributed by atoms with van der Waals surface area (Å²) in [6.07, 6.45) is 2.27. The summed E-state index contributed by atoms with van der Waals surface area (Å²) in [5.41, 5.74) is 0.906. The molecule has 0 spiro atoms. The van der Waals surface area contributed by atoms with Crippen LogP contribution in [0.15, 0.2) is 27.6 Å². The third-order valence-electron chi connectivity index (χ3n) is 3.02. The zero-order valence-corrected chi connectivity index (χ0v) is 12.5. The van der Waals surface area contributed by atoms with Gasteiger partial charge in [-0.1, -0.05) is 15.9 Å². The number of hydrogen-bond donors (Lipinski definition) is 0. The van der Waals surface area contributed by atoms with Crippen molar-refractivity contribution >= 4 is 41.4 Å². The third-order valence-corrected chi connectivity index (χ3v) is 4.81. The number of benzene rings is 1. The van der Waals surface area contributed by atoms with Gasteiger partial charge < -0.3 is 4.90 Å². The maximum atomic E-state index is 11.4. The van der Waals surface area contributed by atoms with Crippen molar-refractivity contribution in [2.75, 3.05) is 11.4 Å². The molecule has 0 unspecified atom stereocenters. The molecule has 0 bridgehead atoms. The van der Waals surface area contributed by atoms with E-state index in [4.69, 9.17) is 10.7 Å². The van der Waals surface area contributed by atoms with Crippen LogP contribution >= 0.6 is 26.6 Å². The molecule has 0 amide bonds. The molecule has 0 aliphatic carbocycles. The molecule has 6 heteroatoms. The molecule has 1 aromatic carbocycles. The van der Waals surface area contributed by atoms with E-state index in [0.29, 0.717) is 6.04 Å². The van der Waals surface area contributed by atoms with Crippen LogP contribution in [-0.2, 0) is 9.05 Å². The van der Waals surface area contributed by atoms with Gasteiger partial charge in [0.25, 0.3) is 9.05 Å². The van der Waals surface area contributed by atoms with Gasteiger partial charge in [-0.15, -0.1) is 0 Å². The van der Waals surface area contributed by atoms with Crippen molar-refractivity contribution in [2.45, 2.75) is 30.7 Å². The highest BCUT2D eigenvalue weighted by Gasteiger charge is 2.22. The Hall–Kier alpha value is -0.260. The first-order valence-corrected chi connectivity index (χ1v) is 8.50. The van der Waals surface area contributed by atoms with Crippen molar-refractivity contribution < 1.29 is 8.42 Å². The molecule has 94 valence electrons. The number of hydrogen-bond acceptors (Lipinski definition) is 3. The van der Waals surface area contributed by atoms with Gasteiger partial charge in [0.15, 0.2) is 0 Å². The van der Waals surface area contributed by atoms with Crippen molar-refractivity contribution in [3.8, 4) is 0 Å². The number of halogens is 2. The average Bonchev–Trinajstić information content (AvgIpc) is 2.62. The van der Waals surface area contributed by atoms with Gasteiger partial charge in [0, 0.05) is 33.4 Å². The molecule has 1 atom stereocenters. The highest BCUT2D eigenvalue weighted by Crippen LogP contribution is 2.31. The first kappa shape index (κ1) is 13.2. The Morgan fingerprint density at radius 2 is 2.12 bits per heavy atom. The van der Waals surface area contributed by atoms with E-state index in [1.165, 1.54) is 6.07 Å². The van der Waals surface area contributed by atoms with Crippen LogP contribution in [0.3, 0.4) is 0 Å². The van der Waals surface area contributed by atoms with Crippen molar-refractivity contribution in [3.63, 3.8) is 0 Å². The monoisotopic (exact) mass is 337 g/mol. The second-order valence-corrected chi connectivity index (χ2v) is 7.75. The Labute approximate surface area is 114 Å². The van der Waals surface area contributed by atoms with Crippen LogP contribution in [-0.4, -0.2) is 21.0 Å². The summed E-state index contributed by atoms with van der Waals surface area (Å²) >= 11 is 3.32. The Bertz CT molecular complexity index is 532. The van der Waals surface area contributed by atoms with Gasteiger partial charge in [-0.05, 0) is 38.0 Å². The van der Waals surface area contributed by atoms with E-state index in [0.717, 1.165) is 29.5 Å². The Morgan fingerprint density at radius 3 is 2.65 bits per heavy atom. The minimum atomic E-state index is -3.68. The summed E-state index contributed by atoms with van der Waals surface area (Å²) in [6.45, 7) is 3.10. The summed E-state index contributed by atoms with van der Waals surface area (Å²) in [5.74, 6) is 0. The van der Waals surface area contributed by atoms with E-state index in [2.05, 4.69) is 27.8 Å². The molecule has 0 N–H and O–H groups in total. The van der Waals surface area contributed by atoms with Gasteiger partial charge in [-0.3, -0.25) is 0 Å². The lowest BCUT2D eigenvalue weighted by molar-refractivity contribution is 0.609. The average molecular weight is 339 g/mol. The van der Waals surface area contributed by atoms with Crippen LogP contribution in [0.25, 0.3) is 0 Å². The SMILES string of the molecule is C[C@@H]1CCCN1c1cc(Br)cc(S(=O)(=O)Cl)c1. The van der Waals surface area contributed by atoms with E-state index in [9.17, 15) is 8.42 Å². The van der Waals surface area contributed by atoms with Crippen LogP contribution in [0, 0.1) is 0 Å². The predicted octanol–water partition coefficient (Wildman–Crippen LogP) is 3.37. The van der Waals surface area contributed by atoms with Gasteiger partial charge in [-0.25, -0.2) is 8.42 Å². The maximum Gasteiger partial charge on any atom is 0.261 e. The molecular weight excluding hydrogens is 326 g/mol. The van der Waals surface area contributed by atoms with Gasteiger partial charge in [0.2, 0.25) is 0 Å². The van der Waals surface area contributed by atoms with Crippen LogP contribution in [0.2, 0.25) is 0 Å². The van der Waals surface area contributed by atoms with Gasteiger partial charge in [-0.2, -0.15) is 0 Å². The topological polar surface area (TPSA) is 37.4 Å². The molecule has 1 aliphatic heterocycles. The van der Waals surface area contributed by atoms with Crippen LogP contribution in [0.4, 0.5) is 5.69 Å². The Kier molecular flexibility index (Phi) is 3.71. The predicted molar refractivity (Wildman–Crippen MR) is 73.2 cm³/mol. The summed E-state index contributed by atoms with van der Waals surface area (Å²) in [5, 5.41) is 0. The van der Waals surface area contributed by atoms with Crippen LogP contribution in [0.5, 0.6) is 0 Å². The third kappa shape index (κ3) is 2.95. The van der Waals surface area contributed by atoms with Crippen molar-refractivity contribution in [1.82, 2.24) is 0 Å². The maximum absolute atomic E-state index is 11.4. The van der Waals surface area contributed by atoms with E-state index < -0.39 is 9.05 Å². The first-order chi connectivity index (χ1) is 7.88. The minimum Gasteiger partial charge on any atom is -0.369 e. The Balaban J connectivity index is 2.45. The van der Waals surface area contributed by atoms with Crippen molar-refractivity contribution in [2.24, 2.45) is 0 Å². The zero-order chi connectivity index (χ0) is 12.6. The normalized spacial score (nSPS) is 20.9. The smallest absolute Gasteiger partial charge is 0.261 e. The van der Waals surface area contributed by atoms with Gasteiger partial charge in [0.05, 0.1) is 4.90 Å². The molecule has 1 aliphatic rings. The van der Waals surface area contributed by atoms with Crippen LogP contribution in [0.1, 0.15) is 19.8 Å². The fourth-order valence-electron chi connectivity index (χ4n) is 2.17. The molecule has 1 aromatic rings. The van der Waals surface area contributed by atoms with Gasteiger partial charge >= 0.3 is 0 Å². The second kappa shape index (κ2) is 4.78. The lowest BCUT2D eigenvalue weighted by Gasteiger charge is -2.24. The highest BCUT2D eigenvalue weighted by atomic mass is 79.9. The molecule has 0 radical (unpaired) electrons. The molecule has 0 aromatic heterocycles. The number of anilines is 1. The molecule has 2 rings (SSSR count). The Morgan fingerprint density at radius 1 is 1.41 bits per heavy atom. The molecule has 1 heterocycles. The highest BCUT2D eigenvalue weighted by molar-refractivity contribution is 9.10. The first-order valence-electron chi connectivity index (χ1n) is 5.40. The molecule has 1 saturated heterocycles. The fourth-order valence-corrected chi connectivity index (χ4v) is 3.60. The van der Waals surface area contributed by atoms with E-state index in [-0.39, 0.29) is 4.90 Å². The fraction of sp³-hybridized carbons (Fsp3) is 0.455. The van der Waals surface area contributed by atoms with E-state index in [1.807, 2.05) is 6.07 Å². The molecule has 0 saturated carbocycles. The summed E-state index contributed by atoms with van der Waals surface area (Å²) in [6, 6.07) is 5.52. The van der Waals surface area contributed by atoms with Crippen LogP contribution < -0.4 is 4.90 Å². The molecular formula is C11H13BrClNO2S. The minimum absolute atomic E-state index is 0.141. The largest absolute Gasteiger partial charge is 0.369 e. The quantitative estimate of drug-likeness (QED) is 0.776. The molecule has 1 fully saturated rings. The molecule has 3 nitrogen and oxygen atoms in total. The van der Waals surface area contributed by atoms with Crippen molar-refractivity contribution in [3.05, 3.63) is 22.7 Å². The van der Waals surface area contributed by atoms with E-state index >= 15 is 0 Å². The number of rotatable bonds is 2. The lowest BCUT2D eigenvalue weighted by Crippen LogP contribution is -2.26. The van der Waals surface area contributed by atoms with Crippen molar-refractivity contribution in [1.29, 1.82) is 0 Å². The zero-order valence-electron chi connectivity index (χ0n) is 9.36. The number of nitrogens with zero attached hydrogens (tertiary/aromatic N) is 1. The standard InChI is InChI=1S/C11H13BrClNO2S/c1-8-3-2-4-14(8)10-5-9(12)6-11(7-10)17(13,15)16/h5-8H,2-4H2,1H3/t8-/m1/s1. The summed E-state index contributed by atoms with van der Waals surface area (Å²) in [4.78, 5) is 2.35. The van der Waals surface area contributed by atoms with Gasteiger partial charge in [0.1, 0.15) is 0 Å².